The molecule has 12 heteroatoms. The predicted molar refractivity (Wildman–Crippen MR) is 129 cm³/mol. The summed E-state index contributed by atoms with van der Waals surface area (Å²) >= 11 is 1.06. The lowest BCUT2D eigenvalue weighted by Crippen LogP contribution is -2.25. The average Bonchev–Trinajstić information content (AvgIpc) is 3.43. The van der Waals surface area contributed by atoms with Crippen LogP contribution in [-0.4, -0.2) is 67.7 Å². The first-order chi connectivity index (χ1) is 16.3. The minimum Gasteiger partial charge on any atom is -0.392 e. The van der Waals surface area contributed by atoms with Gasteiger partial charge in [-0.15, -0.1) is 0 Å². The van der Waals surface area contributed by atoms with Crippen LogP contribution in [0.15, 0.2) is 34.3 Å². The van der Waals surface area contributed by atoms with Gasteiger partial charge in [0.25, 0.3) is 5.91 Å². The zero-order chi connectivity index (χ0) is 24.6. The molecule has 1 heterocycles. The van der Waals surface area contributed by atoms with Crippen molar-refractivity contribution in [2.75, 3.05) is 31.4 Å². The van der Waals surface area contributed by atoms with Gasteiger partial charge >= 0.3 is 0 Å². The molecular formula is C22H30N4O6S2. The van der Waals surface area contributed by atoms with Crippen LogP contribution in [0.4, 0.5) is 5.13 Å². The average molecular weight is 511 g/mol. The van der Waals surface area contributed by atoms with Crippen molar-refractivity contribution in [1.29, 1.82) is 0 Å². The number of hydrogen-bond acceptors (Lipinski definition) is 10. The number of aryl methyl sites for hydroxylation is 1. The highest BCUT2D eigenvalue weighted by Crippen LogP contribution is 2.25. The topological polar surface area (TPSA) is 129 Å². The number of carbonyl (C=O) groups excluding carboxylic acids is 1. The molecule has 1 fully saturated rings. The van der Waals surface area contributed by atoms with Crippen molar-refractivity contribution in [2.24, 2.45) is 5.16 Å². The van der Waals surface area contributed by atoms with E-state index in [1.165, 1.54) is 19.2 Å². The van der Waals surface area contributed by atoms with E-state index in [0.29, 0.717) is 42.6 Å². The number of ether oxygens (including phenoxy) is 2. The Morgan fingerprint density at radius 1 is 1.24 bits per heavy atom. The molecule has 1 saturated carbocycles. The molecule has 0 unspecified atom stereocenters. The maximum atomic E-state index is 13.0. The zero-order valence-electron chi connectivity index (χ0n) is 19.5. The first kappa shape index (κ1) is 26.2. The van der Waals surface area contributed by atoms with E-state index >= 15 is 0 Å². The summed E-state index contributed by atoms with van der Waals surface area (Å²) in [6, 6.07) is 6.04. The number of benzene rings is 1. The number of aromatic nitrogens is 2. The molecule has 1 aliphatic rings. The molecule has 34 heavy (non-hydrogen) atoms. The Hall–Kier alpha value is -2.41. The summed E-state index contributed by atoms with van der Waals surface area (Å²) in [4.78, 5) is 23.0. The van der Waals surface area contributed by atoms with Crippen LogP contribution in [-0.2, 0) is 28.9 Å². The third-order valence-electron chi connectivity index (χ3n) is 5.24. The molecule has 186 valence electrons. The summed E-state index contributed by atoms with van der Waals surface area (Å²) in [5.74, 6) is 0.00118. The Morgan fingerprint density at radius 3 is 2.62 bits per heavy atom. The summed E-state index contributed by atoms with van der Waals surface area (Å²) in [7, 11) is -1.93. The second-order valence-corrected chi connectivity index (χ2v) is 10.7. The van der Waals surface area contributed by atoms with Crippen LogP contribution < -0.4 is 5.32 Å². The number of nitrogens with zero attached hydrogens (tertiary/aromatic N) is 3. The molecular weight excluding hydrogens is 480 g/mol. The quantitative estimate of drug-likeness (QED) is 0.262. The molecule has 1 aromatic carbocycles. The summed E-state index contributed by atoms with van der Waals surface area (Å²) in [5, 5.41) is 7.19. The molecule has 3 rings (SSSR count). The second kappa shape index (κ2) is 12.3. The predicted octanol–water partition coefficient (Wildman–Crippen LogP) is 2.97. The minimum atomic E-state index is -3.46. The van der Waals surface area contributed by atoms with Crippen molar-refractivity contribution in [3.05, 3.63) is 35.7 Å². The van der Waals surface area contributed by atoms with Gasteiger partial charge in [0.1, 0.15) is 11.9 Å². The van der Waals surface area contributed by atoms with Gasteiger partial charge in [0.15, 0.2) is 15.5 Å². The Morgan fingerprint density at radius 2 is 1.97 bits per heavy atom. The summed E-state index contributed by atoms with van der Waals surface area (Å²) in [5.41, 5.74) is 0.449. The summed E-state index contributed by atoms with van der Waals surface area (Å²) in [6.45, 7) is 4.68. The zero-order valence-corrected chi connectivity index (χ0v) is 21.2. The number of methoxy groups -OCH3 is 1. The van der Waals surface area contributed by atoms with Crippen LogP contribution in [0.1, 0.15) is 44.0 Å². The van der Waals surface area contributed by atoms with E-state index in [-0.39, 0.29) is 28.6 Å². The number of oxime groups is 1. The Bertz CT molecular complexity index is 1090. The normalized spacial score (nSPS) is 18.7. The third kappa shape index (κ3) is 7.29. The van der Waals surface area contributed by atoms with Crippen molar-refractivity contribution in [3.63, 3.8) is 0 Å². The molecule has 0 radical (unpaired) electrons. The number of sulfone groups is 1. The van der Waals surface area contributed by atoms with E-state index in [1.807, 2.05) is 6.92 Å². The minimum absolute atomic E-state index is 0.0240. The number of amides is 1. The molecule has 0 saturated heterocycles. The molecule has 2 atom stereocenters. The molecule has 2 aromatic rings. The van der Waals surface area contributed by atoms with E-state index in [1.54, 1.807) is 19.1 Å². The van der Waals surface area contributed by atoms with Gasteiger partial charge in [-0.3, -0.25) is 10.1 Å². The largest absolute Gasteiger partial charge is 0.392 e. The van der Waals surface area contributed by atoms with Gasteiger partial charge in [-0.25, -0.2) is 13.4 Å². The Labute approximate surface area is 203 Å². The molecule has 0 bridgehead atoms. The molecule has 1 aromatic heterocycles. The first-order valence-corrected chi connectivity index (χ1v) is 13.5. The van der Waals surface area contributed by atoms with Crippen LogP contribution >= 0.6 is 11.5 Å². The van der Waals surface area contributed by atoms with Gasteiger partial charge in [0, 0.05) is 43.8 Å². The van der Waals surface area contributed by atoms with Crippen molar-refractivity contribution in [2.45, 2.75) is 56.6 Å². The summed E-state index contributed by atoms with van der Waals surface area (Å²) in [6.07, 6.45) is 2.69. The molecule has 0 aliphatic heterocycles. The molecule has 1 N–H and O–H groups in total. The molecule has 10 nitrogen and oxygen atoms in total. The number of anilines is 1. The number of rotatable bonds is 12. The monoisotopic (exact) mass is 510 g/mol. The molecule has 0 spiro atoms. The van der Waals surface area contributed by atoms with E-state index in [4.69, 9.17) is 14.3 Å². The third-order valence-corrected chi connectivity index (χ3v) is 7.78. The van der Waals surface area contributed by atoms with Crippen molar-refractivity contribution in [1.82, 2.24) is 9.36 Å². The fourth-order valence-corrected chi connectivity index (χ4v) is 5.43. The molecule has 1 aliphatic carbocycles. The van der Waals surface area contributed by atoms with Gasteiger partial charge in [0.2, 0.25) is 5.13 Å². The summed E-state index contributed by atoms with van der Waals surface area (Å²) < 4.78 is 39.7. The van der Waals surface area contributed by atoms with Gasteiger partial charge in [-0.1, -0.05) is 17.3 Å². The van der Waals surface area contributed by atoms with Crippen LogP contribution in [0, 0.1) is 6.92 Å². The van der Waals surface area contributed by atoms with E-state index in [9.17, 15) is 13.2 Å². The lowest BCUT2D eigenvalue weighted by Gasteiger charge is -2.12. The van der Waals surface area contributed by atoms with Gasteiger partial charge < -0.3 is 14.3 Å². The van der Waals surface area contributed by atoms with Crippen LogP contribution in [0.25, 0.3) is 0 Å². The van der Waals surface area contributed by atoms with E-state index in [2.05, 4.69) is 19.8 Å². The number of carbonyl (C=O) groups is 1. The van der Waals surface area contributed by atoms with E-state index < -0.39 is 15.7 Å². The van der Waals surface area contributed by atoms with Crippen LogP contribution in [0.2, 0.25) is 0 Å². The fourth-order valence-electron chi connectivity index (χ4n) is 3.57. The van der Waals surface area contributed by atoms with Crippen LogP contribution in [0.3, 0.4) is 0 Å². The van der Waals surface area contributed by atoms with Gasteiger partial charge in [-0.2, -0.15) is 4.37 Å². The van der Waals surface area contributed by atoms with Crippen LogP contribution in [0.5, 0.6) is 0 Å². The number of hydrogen-bond donors (Lipinski definition) is 1. The first-order valence-electron chi connectivity index (χ1n) is 11.1. The second-order valence-electron chi connectivity index (χ2n) is 7.85. The molecule has 1 amide bonds. The maximum Gasteiger partial charge on any atom is 0.280 e. The number of nitrogens with one attached hydrogen (secondary N) is 1. The SMILES string of the molecule is CCO[C@@H]1CC[C@@H](ON=C(C(=O)Nc2nc(C)ns2)c2ccc(S(=O)(=O)CCCOC)cc2)C1. The maximum absolute atomic E-state index is 13.0. The Kier molecular flexibility index (Phi) is 9.51. The lowest BCUT2D eigenvalue weighted by atomic mass is 10.1. The smallest absolute Gasteiger partial charge is 0.280 e. The van der Waals surface area contributed by atoms with Crippen molar-refractivity contribution >= 4 is 38.1 Å². The van der Waals surface area contributed by atoms with Gasteiger partial charge in [-0.05, 0) is 45.2 Å². The van der Waals surface area contributed by atoms with Gasteiger partial charge in [0.05, 0.1) is 16.8 Å². The highest BCUT2D eigenvalue weighted by Gasteiger charge is 2.27. The highest BCUT2D eigenvalue weighted by atomic mass is 32.2. The fraction of sp³-hybridized carbons (Fsp3) is 0.545. The lowest BCUT2D eigenvalue weighted by molar-refractivity contribution is -0.110. The van der Waals surface area contributed by atoms with E-state index in [0.717, 1.165) is 24.4 Å². The standard InChI is InChI=1S/C22H30N4O6S2/c1-4-31-17-8-9-18(14-17)32-25-20(21(27)24-22-23-15(2)26-33-22)16-6-10-19(11-7-16)34(28,29)13-5-12-30-3/h6-7,10-11,17-18H,4-5,8-9,12-14H2,1-3H3,(H,23,24,26,27)/t17-,18-/m1/s1. The Balaban J connectivity index is 1.79. The van der Waals surface area contributed by atoms with Crippen molar-refractivity contribution < 1.29 is 27.5 Å². The van der Waals surface area contributed by atoms with Crippen molar-refractivity contribution in [3.8, 4) is 0 Å². The highest BCUT2D eigenvalue weighted by molar-refractivity contribution is 7.91.